The molecule has 2 N–H and O–H groups in total. The average Bonchev–Trinajstić information content (AvgIpc) is 2.47. The first-order valence-corrected chi connectivity index (χ1v) is 9.90. The van der Waals surface area contributed by atoms with Gasteiger partial charge in [-0.1, -0.05) is 19.3 Å². The Hall–Kier alpha value is -0.990. The van der Waals surface area contributed by atoms with Crippen molar-refractivity contribution in [2.45, 2.75) is 49.5 Å². The summed E-state index contributed by atoms with van der Waals surface area (Å²) in [6.07, 6.45) is 5.50. The number of sulfonamides is 1. The van der Waals surface area contributed by atoms with Crippen molar-refractivity contribution >= 4 is 31.9 Å². The molecule has 0 heterocycles. The molecule has 1 fully saturated rings. The van der Waals surface area contributed by atoms with Crippen molar-refractivity contribution in [3.05, 3.63) is 28.5 Å². The van der Waals surface area contributed by atoms with Crippen LogP contribution in [-0.4, -0.2) is 26.9 Å². The molecule has 1 amide bonds. The quantitative estimate of drug-likeness (QED) is 0.762. The SMILES string of the molecule is O=C(CCNS(=O)(=O)c1ccc(F)cc1Br)NC1CCCCC1. The third-order valence-corrected chi connectivity index (χ3v) is 6.24. The van der Waals surface area contributed by atoms with Crippen LogP contribution in [0.1, 0.15) is 38.5 Å². The van der Waals surface area contributed by atoms with Crippen LogP contribution in [0.2, 0.25) is 0 Å². The average molecular weight is 407 g/mol. The van der Waals surface area contributed by atoms with Crippen LogP contribution >= 0.6 is 15.9 Å². The Bertz CT molecular complexity index is 661. The molecule has 8 heteroatoms. The second-order valence-electron chi connectivity index (χ2n) is 5.62. The molecule has 0 bridgehead atoms. The number of halogens is 2. The first-order chi connectivity index (χ1) is 10.9. The van der Waals surface area contributed by atoms with Crippen molar-refractivity contribution in [3.63, 3.8) is 0 Å². The van der Waals surface area contributed by atoms with Gasteiger partial charge in [0.25, 0.3) is 0 Å². The Morgan fingerprint density at radius 2 is 1.96 bits per heavy atom. The number of hydrogen-bond acceptors (Lipinski definition) is 3. The molecular weight excluding hydrogens is 387 g/mol. The van der Waals surface area contributed by atoms with Gasteiger partial charge < -0.3 is 5.32 Å². The summed E-state index contributed by atoms with van der Waals surface area (Å²) in [5.41, 5.74) is 0. The predicted octanol–water partition coefficient (Wildman–Crippen LogP) is 2.71. The number of benzene rings is 1. The van der Waals surface area contributed by atoms with E-state index in [2.05, 4.69) is 26.0 Å². The maximum atomic E-state index is 13.0. The van der Waals surface area contributed by atoms with E-state index in [4.69, 9.17) is 0 Å². The number of carbonyl (C=O) groups excluding carboxylic acids is 1. The van der Waals surface area contributed by atoms with Crippen LogP contribution < -0.4 is 10.0 Å². The number of amides is 1. The van der Waals surface area contributed by atoms with Crippen LogP contribution in [0.15, 0.2) is 27.6 Å². The lowest BCUT2D eigenvalue weighted by Crippen LogP contribution is -2.38. The normalized spacial score (nSPS) is 16.3. The summed E-state index contributed by atoms with van der Waals surface area (Å²) in [5.74, 6) is -0.680. The highest BCUT2D eigenvalue weighted by atomic mass is 79.9. The third kappa shape index (κ3) is 5.54. The molecule has 1 aromatic carbocycles. The van der Waals surface area contributed by atoms with Crippen LogP contribution in [0.5, 0.6) is 0 Å². The molecule has 1 saturated carbocycles. The fourth-order valence-corrected chi connectivity index (χ4v) is 4.70. The molecule has 0 aromatic heterocycles. The molecule has 0 aliphatic heterocycles. The van der Waals surface area contributed by atoms with Gasteiger partial charge in [0.15, 0.2) is 0 Å². The summed E-state index contributed by atoms with van der Waals surface area (Å²) in [7, 11) is -3.78. The highest BCUT2D eigenvalue weighted by molar-refractivity contribution is 9.10. The number of carbonyl (C=O) groups is 1. The number of nitrogens with one attached hydrogen (secondary N) is 2. The molecule has 0 saturated heterocycles. The minimum Gasteiger partial charge on any atom is -0.353 e. The fraction of sp³-hybridized carbons (Fsp3) is 0.533. The van der Waals surface area contributed by atoms with Gasteiger partial charge in [0.05, 0.1) is 4.90 Å². The van der Waals surface area contributed by atoms with Gasteiger partial charge in [-0.2, -0.15) is 0 Å². The van der Waals surface area contributed by atoms with Gasteiger partial charge >= 0.3 is 0 Å². The molecular formula is C15H20BrFN2O3S. The van der Waals surface area contributed by atoms with Crippen LogP contribution in [0.4, 0.5) is 4.39 Å². The Morgan fingerprint density at radius 3 is 2.61 bits per heavy atom. The monoisotopic (exact) mass is 406 g/mol. The van der Waals surface area contributed by atoms with Crippen LogP contribution in [0.3, 0.4) is 0 Å². The van der Waals surface area contributed by atoms with Crippen LogP contribution in [-0.2, 0) is 14.8 Å². The number of rotatable bonds is 6. The minimum atomic E-state index is -3.78. The molecule has 0 spiro atoms. The van der Waals surface area contributed by atoms with Crippen molar-refractivity contribution in [1.29, 1.82) is 0 Å². The second kappa shape index (κ2) is 8.21. The maximum absolute atomic E-state index is 13.0. The van der Waals surface area contributed by atoms with E-state index in [9.17, 15) is 17.6 Å². The molecule has 2 rings (SSSR count). The lowest BCUT2D eigenvalue weighted by molar-refractivity contribution is -0.121. The van der Waals surface area contributed by atoms with Gasteiger partial charge in [0.1, 0.15) is 5.82 Å². The largest absolute Gasteiger partial charge is 0.353 e. The standard InChI is InChI=1S/C15H20BrFN2O3S/c16-13-10-11(17)6-7-14(13)23(21,22)18-9-8-15(20)19-12-4-2-1-3-5-12/h6-7,10,12,18H,1-5,8-9H2,(H,19,20). The lowest BCUT2D eigenvalue weighted by atomic mass is 9.95. The number of hydrogen-bond donors (Lipinski definition) is 2. The second-order valence-corrected chi connectivity index (χ2v) is 8.21. The molecule has 1 aromatic rings. The topological polar surface area (TPSA) is 75.3 Å². The smallest absolute Gasteiger partial charge is 0.241 e. The van der Waals surface area contributed by atoms with E-state index < -0.39 is 15.8 Å². The molecule has 0 atom stereocenters. The van der Waals surface area contributed by atoms with Gasteiger partial charge in [-0.25, -0.2) is 17.5 Å². The van der Waals surface area contributed by atoms with E-state index >= 15 is 0 Å². The highest BCUT2D eigenvalue weighted by Crippen LogP contribution is 2.22. The fourth-order valence-electron chi connectivity index (χ4n) is 2.62. The van der Waals surface area contributed by atoms with Crippen LogP contribution in [0, 0.1) is 5.82 Å². The van der Waals surface area contributed by atoms with Gasteiger partial charge in [-0.05, 0) is 47.0 Å². The predicted molar refractivity (Wildman–Crippen MR) is 88.9 cm³/mol. The summed E-state index contributed by atoms with van der Waals surface area (Å²) in [6, 6.07) is 3.56. The van der Waals surface area contributed by atoms with Crippen molar-refractivity contribution in [2.75, 3.05) is 6.54 Å². The molecule has 128 valence electrons. The Balaban J connectivity index is 1.83. The molecule has 5 nitrogen and oxygen atoms in total. The van der Waals surface area contributed by atoms with Crippen molar-refractivity contribution in [1.82, 2.24) is 10.0 Å². The minimum absolute atomic E-state index is 0.00467. The van der Waals surface area contributed by atoms with E-state index in [0.717, 1.165) is 37.8 Å². The maximum Gasteiger partial charge on any atom is 0.241 e. The first kappa shape index (κ1) is 18.4. The van der Waals surface area contributed by atoms with Gasteiger partial charge in [0.2, 0.25) is 15.9 Å². The summed E-state index contributed by atoms with van der Waals surface area (Å²) in [4.78, 5) is 11.8. The molecule has 1 aliphatic rings. The summed E-state index contributed by atoms with van der Waals surface area (Å²) in [5, 5.41) is 2.93. The van der Waals surface area contributed by atoms with Crippen molar-refractivity contribution < 1.29 is 17.6 Å². The van der Waals surface area contributed by atoms with Crippen LogP contribution in [0.25, 0.3) is 0 Å². The Labute approximate surface area is 144 Å². The molecule has 23 heavy (non-hydrogen) atoms. The van der Waals surface area contributed by atoms with E-state index in [1.54, 1.807) is 0 Å². The molecule has 1 aliphatic carbocycles. The van der Waals surface area contributed by atoms with E-state index in [1.165, 1.54) is 12.5 Å². The van der Waals surface area contributed by atoms with Crippen molar-refractivity contribution in [2.24, 2.45) is 0 Å². The van der Waals surface area contributed by atoms with E-state index in [0.29, 0.717) is 0 Å². The summed E-state index contributed by atoms with van der Waals surface area (Å²) >= 11 is 3.03. The molecule has 0 radical (unpaired) electrons. The van der Waals surface area contributed by atoms with Gasteiger partial charge in [0, 0.05) is 23.5 Å². The highest BCUT2D eigenvalue weighted by Gasteiger charge is 2.19. The molecule has 0 unspecified atom stereocenters. The summed E-state index contributed by atoms with van der Waals surface area (Å²) in [6.45, 7) is 0.00467. The van der Waals surface area contributed by atoms with Gasteiger partial charge in [-0.15, -0.1) is 0 Å². The summed E-state index contributed by atoms with van der Waals surface area (Å²) < 4.78 is 39.8. The first-order valence-electron chi connectivity index (χ1n) is 7.62. The lowest BCUT2D eigenvalue weighted by Gasteiger charge is -2.22. The Kier molecular flexibility index (Phi) is 6.55. The Morgan fingerprint density at radius 1 is 1.26 bits per heavy atom. The van der Waals surface area contributed by atoms with Gasteiger partial charge in [-0.3, -0.25) is 4.79 Å². The zero-order chi connectivity index (χ0) is 16.9. The third-order valence-electron chi connectivity index (χ3n) is 3.80. The van der Waals surface area contributed by atoms with E-state index in [1.807, 2.05) is 0 Å². The zero-order valence-electron chi connectivity index (χ0n) is 12.6. The van der Waals surface area contributed by atoms with Crippen molar-refractivity contribution in [3.8, 4) is 0 Å². The zero-order valence-corrected chi connectivity index (χ0v) is 15.1. The van der Waals surface area contributed by atoms with E-state index in [-0.39, 0.29) is 34.3 Å².